The Morgan fingerprint density at radius 3 is 1.23 bits per heavy atom. The molecule has 4 rings (SSSR count). The molecular weight excluding hydrogens is 664 g/mol. The van der Waals surface area contributed by atoms with E-state index in [2.05, 4.69) is 41.5 Å². The van der Waals surface area contributed by atoms with Crippen LogP contribution >= 0.6 is 0 Å². The Morgan fingerprint density at radius 1 is 0.596 bits per heavy atom. The largest absolute Gasteiger partial charge is 0.469 e. The molecule has 4 aliphatic rings. The van der Waals surface area contributed by atoms with E-state index in [9.17, 15) is 19.2 Å². The van der Waals surface area contributed by atoms with Gasteiger partial charge in [-0.15, -0.1) is 0 Å². The van der Waals surface area contributed by atoms with Crippen molar-refractivity contribution in [3.05, 3.63) is 0 Å². The van der Waals surface area contributed by atoms with Gasteiger partial charge in [-0.05, 0) is 127 Å². The minimum absolute atomic E-state index is 0.0830. The van der Waals surface area contributed by atoms with Gasteiger partial charge in [0.1, 0.15) is 12.2 Å². The summed E-state index contributed by atoms with van der Waals surface area (Å²) >= 11 is 0. The average molecular weight is 737 g/mol. The first-order valence-electron chi connectivity index (χ1n) is 20.1. The van der Waals surface area contributed by atoms with Crippen molar-refractivity contribution in [1.29, 1.82) is 0 Å². The molecule has 0 bridgehead atoms. The van der Waals surface area contributed by atoms with Crippen molar-refractivity contribution in [1.82, 2.24) is 0 Å². The monoisotopic (exact) mass is 737 g/mol. The van der Waals surface area contributed by atoms with Crippen molar-refractivity contribution >= 4 is 23.9 Å². The third-order valence-corrected chi connectivity index (χ3v) is 12.2. The van der Waals surface area contributed by atoms with Crippen LogP contribution < -0.4 is 0 Å². The third-order valence-electron chi connectivity index (χ3n) is 12.2. The topological polar surface area (TPSA) is 124 Å². The minimum atomic E-state index is -1.23. The fraction of sp³-hybridized carbons (Fsp3) is 0.905. The van der Waals surface area contributed by atoms with Crippen molar-refractivity contribution in [2.24, 2.45) is 35.5 Å². The molecule has 4 fully saturated rings. The molecule has 5 unspecified atom stereocenters. The van der Waals surface area contributed by atoms with E-state index in [1.165, 1.54) is 27.1 Å². The third kappa shape index (κ3) is 11.9. The Labute approximate surface area is 314 Å². The van der Waals surface area contributed by atoms with Crippen LogP contribution in [0.25, 0.3) is 0 Å². The van der Waals surface area contributed by atoms with E-state index in [4.69, 9.17) is 28.4 Å². The molecule has 10 heteroatoms. The van der Waals surface area contributed by atoms with Crippen molar-refractivity contribution < 1.29 is 47.6 Å². The van der Waals surface area contributed by atoms with Crippen molar-refractivity contribution in [3.8, 4) is 0 Å². The Kier molecular flexibility index (Phi) is 15.7. The Balaban J connectivity index is 0.000000280. The molecule has 2 aliphatic heterocycles. The van der Waals surface area contributed by atoms with Crippen LogP contribution in [0.15, 0.2) is 0 Å². The van der Waals surface area contributed by atoms with Crippen molar-refractivity contribution in [2.45, 2.75) is 194 Å². The first-order valence-corrected chi connectivity index (χ1v) is 20.1. The molecule has 2 saturated carbocycles. The van der Waals surface area contributed by atoms with Crippen LogP contribution in [0.2, 0.25) is 0 Å². The summed E-state index contributed by atoms with van der Waals surface area (Å²) in [6, 6.07) is 0. The van der Waals surface area contributed by atoms with Crippen LogP contribution in [0.4, 0.5) is 0 Å². The highest BCUT2D eigenvalue weighted by molar-refractivity contribution is 5.87. The highest BCUT2D eigenvalue weighted by Gasteiger charge is 2.52. The SMILES string of the molecule is COC(=O)CC1(C(=O)OC2CC(C)CC[C@@H]2C(C)C)CCCC(C)(C)O1.COC(=O)C[C@@]1(C(=O)OC2CC(C)CC[C@@H]2C(C)C)CCCC(C)(C)O1. The number of hydrogen-bond donors (Lipinski definition) is 0. The van der Waals surface area contributed by atoms with E-state index in [-0.39, 0.29) is 37.0 Å². The smallest absolute Gasteiger partial charge is 0.339 e. The molecule has 0 spiro atoms. The van der Waals surface area contributed by atoms with E-state index < -0.39 is 34.3 Å². The zero-order valence-electron chi connectivity index (χ0n) is 34.6. The second-order valence-electron chi connectivity index (χ2n) is 18.5. The second-order valence-corrected chi connectivity index (χ2v) is 18.5. The van der Waals surface area contributed by atoms with Gasteiger partial charge in [0.05, 0.1) is 38.3 Å². The van der Waals surface area contributed by atoms with Gasteiger partial charge in [0.2, 0.25) is 0 Å². The van der Waals surface area contributed by atoms with Crippen LogP contribution in [-0.4, -0.2) is 72.7 Å². The average Bonchev–Trinajstić information content (AvgIpc) is 3.03. The van der Waals surface area contributed by atoms with E-state index in [0.717, 1.165) is 51.4 Å². The van der Waals surface area contributed by atoms with Gasteiger partial charge >= 0.3 is 23.9 Å². The van der Waals surface area contributed by atoms with Crippen molar-refractivity contribution in [3.63, 3.8) is 0 Å². The van der Waals surface area contributed by atoms with Gasteiger partial charge in [0.15, 0.2) is 11.2 Å². The number of carbonyl (C=O) groups is 4. The van der Waals surface area contributed by atoms with Crippen LogP contribution in [0.5, 0.6) is 0 Å². The van der Waals surface area contributed by atoms with Gasteiger partial charge in [-0.3, -0.25) is 9.59 Å². The number of carbonyl (C=O) groups excluding carboxylic acids is 4. The number of hydrogen-bond acceptors (Lipinski definition) is 10. The summed E-state index contributed by atoms with van der Waals surface area (Å²) in [4.78, 5) is 50.5. The predicted molar refractivity (Wildman–Crippen MR) is 199 cm³/mol. The molecule has 300 valence electrons. The molecule has 0 radical (unpaired) electrons. The van der Waals surface area contributed by atoms with Gasteiger partial charge < -0.3 is 28.4 Å². The van der Waals surface area contributed by atoms with Crippen LogP contribution in [0.1, 0.15) is 159 Å². The summed E-state index contributed by atoms with van der Waals surface area (Å²) in [5, 5.41) is 0. The van der Waals surface area contributed by atoms with Gasteiger partial charge in [-0.25, -0.2) is 9.59 Å². The number of rotatable bonds is 10. The number of esters is 4. The zero-order valence-corrected chi connectivity index (χ0v) is 34.6. The molecule has 2 saturated heterocycles. The fourth-order valence-corrected chi connectivity index (χ4v) is 9.14. The van der Waals surface area contributed by atoms with Gasteiger partial charge in [-0.1, -0.05) is 54.4 Å². The van der Waals surface area contributed by atoms with E-state index in [1.807, 2.05) is 27.7 Å². The maximum atomic E-state index is 13.2. The summed E-state index contributed by atoms with van der Waals surface area (Å²) in [6.07, 6.45) is 10.3. The zero-order chi connectivity index (χ0) is 39.1. The van der Waals surface area contributed by atoms with E-state index >= 15 is 0 Å². The first kappa shape index (κ1) is 44.2. The van der Waals surface area contributed by atoms with Crippen LogP contribution in [-0.2, 0) is 47.6 Å². The quantitative estimate of drug-likeness (QED) is 0.159. The van der Waals surface area contributed by atoms with Crippen LogP contribution in [0, 0.1) is 35.5 Å². The molecule has 52 heavy (non-hydrogen) atoms. The molecule has 2 aliphatic carbocycles. The molecule has 0 aromatic heterocycles. The van der Waals surface area contributed by atoms with E-state index in [1.54, 1.807) is 0 Å². The van der Waals surface area contributed by atoms with Gasteiger partial charge in [0.25, 0.3) is 0 Å². The normalized spacial score (nSPS) is 34.3. The maximum Gasteiger partial charge on any atom is 0.339 e. The van der Waals surface area contributed by atoms with E-state index in [0.29, 0.717) is 48.3 Å². The standard InChI is InChI=1S/2C21H36O5/c2*1-14(2)16-9-8-15(3)12-17(16)25-19(23)21(13-18(22)24-6)11-7-10-20(4,5)26-21/h2*14-17H,7-13H2,1-6H3/t15?,16-,17?,21?;15?,16-,17?,21-/m11/s1. The highest BCUT2D eigenvalue weighted by atomic mass is 16.6. The molecule has 0 amide bonds. The molecule has 0 aromatic carbocycles. The fourth-order valence-electron chi connectivity index (χ4n) is 9.14. The summed E-state index contributed by atoms with van der Waals surface area (Å²) in [7, 11) is 2.68. The molecule has 0 N–H and O–H groups in total. The van der Waals surface area contributed by atoms with Gasteiger partial charge in [0, 0.05) is 0 Å². The Bertz CT molecular complexity index is 1120. The summed E-state index contributed by atoms with van der Waals surface area (Å²) < 4.78 is 34.1. The lowest BCUT2D eigenvalue weighted by molar-refractivity contribution is -0.219. The summed E-state index contributed by atoms with van der Waals surface area (Å²) in [5.74, 6) is 1.09. The first-order chi connectivity index (χ1) is 24.2. The summed E-state index contributed by atoms with van der Waals surface area (Å²) in [6.45, 7) is 21.0. The molecular formula is C42H72O10. The number of methoxy groups -OCH3 is 2. The second kappa shape index (κ2) is 18.4. The molecule has 0 aromatic rings. The van der Waals surface area contributed by atoms with Crippen molar-refractivity contribution in [2.75, 3.05) is 14.2 Å². The Morgan fingerprint density at radius 2 is 0.942 bits per heavy atom. The number of ether oxygens (including phenoxy) is 6. The summed E-state index contributed by atoms with van der Waals surface area (Å²) in [5.41, 5.74) is -3.36. The van der Waals surface area contributed by atoms with Gasteiger partial charge in [-0.2, -0.15) is 0 Å². The minimum Gasteiger partial charge on any atom is -0.469 e. The highest BCUT2D eigenvalue weighted by Crippen LogP contribution is 2.43. The lowest BCUT2D eigenvalue weighted by Crippen LogP contribution is -2.54. The molecule has 8 atom stereocenters. The predicted octanol–water partition coefficient (Wildman–Crippen LogP) is 8.54. The lowest BCUT2D eigenvalue weighted by atomic mass is 9.75. The lowest BCUT2D eigenvalue weighted by Gasteiger charge is -2.45. The molecule has 2 heterocycles. The Hall–Kier alpha value is -2.20. The molecule has 10 nitrogen and oxygen atoms in total. The van der Waals surface area contributed by atoms with Crippen LogP contribution in [0.3, 0.4) is 0 Å². The maximum absolute atomic E-state index is 13.2.